The summed E-state index contributed by atoms with van der Waals surface area (Å²) in [6.07, 6.45) is 3.88. The van der Waals surface area contributed by atoms with Gasteiger partial charge in [-0.25, -0.2) is 0 Å². The zero-order valence-corrected chi connectivity index (χ0v) is 12.3. The van der Waals surface area contributed by atoms with E-state index in [2.05, 4.69) is 36.2 Å². The van der Waals surface area contributed by atoms with Gasteiger partial charge < -0.3 is 4.90 Å². The fourth-order valence-electron chi connectivity index (χ4n) is 3.01. The van der Waals surface area contributed by atoms with E-state index in [4.69, 9.17) is 0 Å². The number of rotatable bonds is 2. The Bertz CT molecular complexity index is 624. The van der Waals surface area contributed by atoms with Gasteiger partial charge in [0.2, 0.25) is 0 Å². The fourth-order valence-corrected chi connectivity index (χ4v) is 3.01. The third-order valence-electron chi connectivity index (χ3n) is 4.11. The second-order valence-electron chi connectivity index (χ2n) is 5.72. The number of carbonyl (C=O) groups is 1. The molecule has 3 rings (SSSR count). The summed E-state index contributed by atoms with van der Waals surface area (Å²) < 4.78 is 0. The highest BCUT2D eigenvalue weighted by Gasteiger charge is 2.25. The minimum absolute atomic E-state index is 0.0490. The topological polar surface area (TPSA) is 33.2 Å². The lowest BCUT2D eigenvalue weighted by Gasteiger charge is -2.33. The Morgan fingerprint density at radius 3 is 2.90 bits per heavy atom. The van der Waals surface area contributed by atoms with Crippen molar-refractivity contribution in [3.05, 3.63) is 65.5 Å². The first-order valence-corrected chi connectivity index (χ1v) is 7.51. The predicted molar refractivity (Wildman–Crippen MR) is 83.3 cm³/mol. The fraction of sp³-hybridized carbons (Fsp3) is 0.333. The molecule has 1 saturated heterocycles. The van der Waals surface area contributed by atoms with Crippen LogP contribution in [0.2, 0.25) is 0 Å². The minimum atomic E-state index is 0.0490. The molecule has 1 fully saturated rings. The zero-order valence-electron chi connectivity index (χ0n) is 12.3. The predicted octanol–water partition coefficient (Wildman–Crippen LogP) is 3.41. The highest BCUT2D eigenvalue weighted by atomic mass is 16.2. The van der Waals surface area contributed by atoms with Crippen LogP contribution in [0.3, 0.4) is 0 Å². The Kier molecular flexibility index (Phi) is 4.00. The quantitative estimate of drug-likeness (QED) is 0.844. The van der Waals surface area contributed by atoms with Gasteiger partial charge in [-0.1, -0.05) is 35.9 Å². The van der Waals surface area contributed by atoms with Gasteiger partial charge in [-0.05, 0) is 37.5 Å². The first-order valence-electron chi connectivity index (χ1n) is 7.51. The number of hydrogen-bond acceptors (Lipinski definition) is 2. The molecule has 108 valence electrons. The second-order valence-corrected chi connectivity index (χ2v) is 5.72. The van der Waals surface area contributed by atoms with Crippen molar-refractivity contribution in [1.29, 1.82) is 0 Å². The van der Waals surface area contributed by atoms with Crippen LogP contribution in [-0.2, 0) is 0 Å². The molecular formula is C18H20N2O. The molecule has 0 radical (unpaired) electrons. The lowest BCUT2D eigenvalue weighted by molar-refractivity contribution is 0.0701. The van der Waals surface area contributed by atoms with Crippen molar-refractivity contribution in [2.24, 2.45) is 0 Å². The van der Waals surface area contributed by atoms with Gasteiger partial charge in [-0.15, -0.1) is 0 Å². The highest BCUT2D eigenvalue weighted by molar-refractivity contribution is 5.92. The van der Waals surface area contributed by atoms with E-state index in [-0.39, 0.29) is 5.91 Å². The average Bonchev–Trinajstić information content (AvgIpc) is 2.55. The highest BCUT2D eigenvalue weighted by Crippen LogP contribution is 2.28. The maximum absolute atomic E-state index is 12.5. The van der Waals surface area contributed by atoms with E-state index in [0.717, 1.165) is 25.9 Å². The molecule has 0 saturated carbocycles. The van der Waals surface area contributed by atoms with Gasteiger partial charge in [0, 0.05) is 25.2 Å². The molecule has 0 unspecified atom stereocenters. The van der Waals surface area contributed by atoms with Gasteiger partial charge in [0.05, 0.1) is 0 Å². The lowest BCUT2D eigenvalue weighted by Crippen LogP contribution is -2.39. The number of likely N-dealkylation sites (tertiary alicyclic amines) is 1. The maximum atomic E-state index is 12.5. The Labute approximate surface area is 125 Å². The standard InChI is InChI=1S/C18H20N2O/c1-14-6-4-7-15(12-14)16-8-5-11-20(13-16)18(21)17-9-2-3-10-19-17/h2-4,6-7,9-10,12,16H,5,8,11,13H2,1H3/t16-/m1/s1. The molecule has 3 heteroatoms. The molecule has 0 spiro atoms. The number of pyridine rings is 1. The monoisotopic (exact) mass is 280 g/mol. The van der Waals surface area contributed by atoms with Crippen LogP contribution in [0.5, 0.6) is 0 Å². The molecule has 1 aromatic carbocycles. The first-order chi connectivity index (χ1) is 10.2. The normalized spacial score (nSPS) is 18.5. The summed E-state index contributed by atoms with van der Waals surface area (Å²) >= 11 is 0. The van der Waals surface area contributed by atoms with E-state index in [9.17, 15) is 4.79 Å². The number of amides is 1. The van der Waals surface area contributed by atoms with Crippen LogP contribution in [0.25, 0.3) is 0 Å². The van der Waals surface area contributed by atoms with Crippen LogP contribution < -0.4 is 0 Å². The summed E-state index contributed by atoms with van der Waals surface area (Å²) in [6, 6.07) is 14.1. The van der Waals surface area contributed by atoms with Crippen molar-refractivity contribution >= 4 is 5.91 Å². The summed E-state index contributed by atoms with van der Waals surface area (Å²) in [5.74, 6) is 0.485. The van der Waals surface area contributed by atoms with Crippen LogP contribution in [0, 0.1) is 6.92 Å². The molecule has 1 amide bonds. The zero-order chi connectivity index (χ0) is 14.7. The van der Waals surface area contributed by atoms with Crippen molar-refractivity contribution in [1.82, 2.24) is 9.88 Å². The summed E-state index contributed by atoms with van der Waals surface area (Å²) in [6.45, 7) is 3.74. The third kappa shape index (κ3) is 3.13. The number of hydrogen-bond donors (Lipinski definition) is 0. The van der Waals surface area contributed by atoms with Crippen LogP contribution in [0.1, 0.15) is 40.4 Å². The summed E-state index contributed by atoms with van der Waals surface area (Å²) in [5.41, 5.74) is 3.16. The summed E-state index contributed by atoms with van der Waals surface area (Å²) in [7, 11) is 0. The molecule has 3 nitrogen and oxygen atoms in total. The Hall–Kier alpha value is -2.16. The van der Waals surface area contributed by atoms with Crippen LogP contribution in [0.4, 0.5) is 0 Å². The van der Waals surface area contributed by atoms with Crippen molar-refractivity contribution in [2.75, 3.05) is 13.1 Å². The number of benzene rings is 1. The number of aromatic nitrogens is 1. The molecule has 1 aliphatic heterocycles. The number of nitrogens with zero attached hydrogens (tertiary/aromatic N) is 2. The van der Waals surface area contributed by atoms with E-state index in [1.54, 1.807) is 12.3 Å². The Morgan fingerprint density at radius 1 is 1.24 bits per heavy atom. The summed E-state index contributed by atoms with van der Waals surface area (Å²) in [5, 5.41) is 0. The van der Waals surface area contributed by atoms with Crippen molar-refractivity contribution < 1.29 is 4.79 Å². The van der Waals surface area contributed by atoms with Crippen LogP contribution in [0.15, 0.2) is 48.7 Å². The molecule has 21 heavy (non-hydrogen) atoms. The van der Waals surface area contributed by atoms with E-state index in [0.29, 0.717) is 11.6 Å². The van der Waals surface area contributed by atoms with Crippen LogP contribution >= 0.6 is 0 Å². The molecule has 1 aliphatic rings. The SMILES string of the molecule is Cc1cccc([C@@H]2CCCN(C(=O)c3ccccn3)C2)c1. The Balaban J connectivity index is 1.75. The average molecular weight is 280 g/mol. The van der Waals surface area contributed by atoms with Gasteiger partial charge in [0.15, 0.2) is 0 Å². The van der Waals surface area contributed by atoms with Gasteiger partial charge in [-0.2, -0.15) is 0 Å². The van der Waals surface area contributed by atoms with Crippen molar-refractivity contribution in [2.45, 2.75) is 25.7 Å². The number of carbonyl (C=O) groups excluding carboxylic acids is 1. The van der Waals surface area contributed by atoms with E-state index >= 15 is 0 Å². The van der Waals surface area contributed by atoms with Crippen molar-refractivity contribution in [3.8, 4) is 0 Å². The smallest absolute Gasteiger partial charge is 0.272 e. The van der Waals surface area contributed by atoms with E-state index in [1.807, 2.05) is 17.0 Å². The number of piperidine rings is 1. The summed E-state index contributed by atoms with van der Waals surface area (Å²) in [4.78, 5) is 18.6. The molecular weight excluding hydrogens is 260 g/mol. The van der Waals surface area contributed by atoms with Gasteiger partial charge in [0.25, 0.3) is 5.91 Å². The lowest BCUT2D eigenvalue weighted by atomic mass is 9.89. The van der Waals surface area contributed by atoms with Crippen LogP contribution in [-0.4, -0.2) is 28.9 Å². The minimum Gasteiger partial charge on any atom is -0.337 e. The van der Waals surface area contributed by atoms with Crippen molar-refractivity contribution in [3.63, 3.8) is 0 Å². The van der Waals surface area contributed by atoms with E-state index in [1.165, 1.54) is 11.1 Å². The second kappa shape index (κ2) is 6.08. The van der Waals surface area contributed by atoms with Gasteiger partial charge >= 0.3 is 0 Å². The maximum Gasteiger partial charge on any atom is 0.272 e. The molecule has 0 aliphatic carbocycles. The van der Waals surface area contributed by atoms with Gasteiger partial charge in [-0.3, -0.25) is 9.78 Å². The number of aryl methyl sites for hydroxylation is 1. The molecule has 1 atom stereocenters. The first kappa shape index (κ1) is 13.8. The molecule has 0 N–H and O–H groups in total. The molecule has 2 aromatic rings. The third-order valence-corrected chi connectivity index (χ3v) is 4.11. The largest absolute Gasteiger partial charge is 0.337 e. The molecule has 2 heterocycles. The van der Waals surface area contributed by atoms with E-state index < -0.39 is 0 Å². The molecule has 0 bridgehead atoms. The van der Waals surface area contributed by atoms with Gasteiger partial charge in [0.1, 0.15) is 5.69 Å². The Morgan fingerprint density at radius 2 is 2.14 bits per heavy atom. The molecule has 1 aromatic heterocycles.